The van der Waals surface area contributed by atoms with Gasteiger partial charge in [0.1, 0.15) is 0 Å². The van der Waals surface area contributed by atoms with Gasteiger partial charge in [-0.15, -0.1) is 0 Å². The standard InChI is InChI=1S/C18H30O3/c1-10-13(16(4,5)19)11(2)15(18(8,9)21)12(3)14(10)17(6,7)20/h19-21H,1-9H3. The van der Waals surface area contributed by atoms with Crippen molar-refractivity contribution >= 4 is 0 Å². The largest absolute Gasteiger partial charge is 0.386 e. The van der Waals surface area contributed by atoms with E-state index in [1.807, 2.05) is 20.8 Å². The first-order chi connectivity index (χ1) is 9.10. The first kappa shape index (κ1) is 18.1. The summed E-state index contributed by atoms with van der Waals surface area (Å²) in [6, 6.07) is 0. The molecule has 0 aliphatic carbocycles. The Balaban J connectivity index is 4.04. The van der Waals surface area contributed by atoms with Crippen molar-refractivity contribution in [1.29, 1.82) is 0 Å². The van der Waals surface area contributed by atoms with Crippen molar-refractivity contribution < 1.29 is 15.3 Å². The summed E-state index contributed by atoms with van der Waals surface area (Å²) in [5.41, 5.74) is 1.88. The fraction of sp³-hybridized carbons (Fsp3) is 0.667. The second kappa shape index (κ2) is 5.08. The van der Waals surface area contributed by atoms with Crippen LogP contribution < -0.4 is 0 Å². The third-order valence-corrected chi connectivity index (χ3v) is 4.09. The molecule has 3 heteroatoms. The van der Waals surface area contributed by atoms with Crippen molar-refractivity contribution in [2.45, 2.75) is 79.1 Å². The molecular weight excluding hydrogens is 264 g/mol. The van der Waals surface area contributed by atoms with E-state index in [0.717, 1.165) is 33.4 Å². The summed E-state index contributed by atoms with van der Waals surface area (Å²) < 4.78 is 0. The van der Waals surface area contributed by atoms with E-state index < -0.39 is 16.8 Å². The Labute approximate surface area is 128 Å². The molecule has 120 valence electrons. The van der Waals surface area contributed by atoms with Crippen LogP contribution in [0.3, 0.4) is 0 Å². The van der Waals surface area contributed by atoms with Gasteiger partial charge in [-0.05, 0) is 95.7 Å². The van der Waals surface area contributed by atoms with Crippen molar-refractivity contribution in [3.63, 3.8) is 0 Å². The summed E-state index contributed by atoms with van der Waals surface area (Å²) in [5.74, 6) is 0. The summed E-state index contributed by atoms with van der Waals surface area (Å²) in [5, 5.41) is 31.7. The maximum atomic E-state index is 10.6. The van der Waals surface area contributed by atoms with Crippen molar-refractivity contribution in [3.05, 3.63) is 33.4 Å². The Morgan fingerprint density at radius 3 is 0.714 bits per heavy atom. The van der Waals surface area contributed by atoms with Gasteiger partial charge in [-0.1, -0.05) is 0 Å². The molecule has 1 rings (SSSR count). The highest BCUT2D eigenvalue weighted by molar-refractivity contribution is 5.55. The molecule has 21 heavy (non-hydrogen) atoms. The summed E-state index contributed by atoms with van der Waals surface area (Å²) in [4.78, 5) is 0. The summed E-state index contributed by atoms with van der Waals surface area (Å²) in [6.45, 7) is 16.2. The minimum absolute atomic E-state index is 0.780. The second-order valence-corrected chi connectivity index (χ2v) is 7.68. The van der Waals surface area contributed by atoms with Crippen LogP contribution in [0.1, 0.15) is 74.9 Å². The van der Waals surface area contributed by atoms with Gasteiger partial charge in [-0.3, -0.25) is 0 Å². The zero-order chi connectivity index (χ0) is 17.0. The molecule has 0 aliphatic heterocycles. The second-order valence-electron chi connectivity index (χ2n) is 7.68. The van der Waals surface area contributed by atoms with E-state index in [1.165, 1.54) is 0 Å². The van der Waals surface area contributed by atoms with Gasteiger partial charge in [0.05, 0.1) is 16.8 Å². The monoisotopic (exact) mass is 294 g/mol. The molecule has 0 aliphatic rings. The highest BCUT2D eigenvalue weighted by Gasteiger charge is 2.34. The molecule has 0 saturated heterocycles. The highest BCUT2D eigenvalue weighted by atomic mass is 16.3. The normalized spacial score (nSPS) is 13.7. The van der Waals surface area contributed by atoms with Gasteiger partial charge in [0.25, 0.3) is 0 Å². The smallest absolute Gasteiger partial charge is 0.0845 e. The van der Waals surface area contributed by atoms with Crippen LogP contribution in [0.25, 0.3) is 0 Å². The van der Waals surface area contributed by atoms with E-state index in [2.05, 4.69) is 0 Å². The molecular formula is C18H30O3. The summed E-state index contributed by atoms with van der Waals surface area (Å²) in [7, 11) is 0. The molecule has 0 amide bonds. The first-order valence-electron chi connectivity index (χ1n) is 7.42. The van der Waals surface area contributed by atoms with Gasteiger partial charge in [-0.2, -0.15) is 0 Å². The van der Waals surface area contributed by atoms with Crippen molar-refractivity contribution in [3.8, 4) is 0 Å². The molecule has 0 fully saturated rings. The van der Waals surface area contributed by atoms with Crippen molar-refractivity contribution in [2.24, 2.45) is 0 Å². The van der Waals surface area contributed by atoms with E-state index in [1.54, 1.807) is 41.5 Å². The van der Waals surface area contributed by atoms with Gasteiger partial charge in [0.2, 0.25) is 0 Å². The molecule has 3 nitrogen and oxygen atoms in total. The van der Waals surface area contributed by atoms with E-state index in [9.17, 15) is 15.3 Å². The number of aliphatic hydroxyl groups is 3. The Morgan fingerprint density at radius 1 is 0.476 bits per heavy atom. The van der Waals surface area contributed by atoms with Crippen LogP contribution in [0.2, 0.25) is 0 Å². The summed E-state index contributed by atoms with van der Waals surface area (Å²) in [6.07, 6.45) is 0. The van der Waals surface area contributed by atoms with Gasteiger partial charge >= 0.3 is 0 Å². The highest BCUT2D eigenvalue weighted by Crippen LogP contribution is 2.41. The lowest BCUT2D eigenvalue weighted by Crippen LogP contribution is -2.30. The SMILES string of the molecule is Cc1c(C(C)(C)O)c(C)c(C(C)(C)O)c(C)c1C(C)(C)O. The Morgan fingerprint density at radius 2 is 0.619 bits per heavy atom. The predicted molar refractivity (Wildman–Crippen MR) is 86.4 cm³/mol. The zero-order valence-corrected chi connectivity index (χ0v) is 14.8. The fourth-order valence-corrected chi connectivity index (χ4v) is 3.97. The molecule has 0 unspecified atom stereocenters. The lowest BCUT2D eigenvalue weighted by molar-refractivity contribution is 0.0621. The van der Waals surface area contributed by atoms with Crippen LogP contribution in [0, 0.1) is 20.8 Å². The van der Waals surface area contributed by atoms with Gasteiger partial charge in [0.15, 0.2) is 0 Å². The predicted octanol–water partition coefficient (Wildman–Crippen LogP) is 3.29. The van der Waals surface area contributed by atoms with E-state index in [-0.39, 0.29) is 0 Å². The Kier molecular flexibility index (Phi) is 4.39. The van der Waals surface area contributed by atoms with Crippen molar-refractivity contribution in [1.82, 2.24) is 0 Å². The third-order valence-electron chi connectivity index (χ3n) is 4.09. The maximum Gasteiger partial charge on any atom is 0.0845 e. The van der Waals surface area contributed by atoms with Crippen LogP contribution >= 0.6 is 0 Å². The molecule has 0 spiro atoms. The zero-order valence-electron chi connectivity index (χ0n) is 14.8. The number of rotatable bonds is 3. The molecule has 3 N–H and O–H groups in total. The third kappa shape index (κ3) is 3.31. The lowest BCUT2D eigenvalue weighted by Gasteiger charge is -2.35. The minimum atomic E-state index is -1.04. The quantitative estimate of drug-likeness (QED) is 0.801. The van der Waals surface area contributed by atoms with E-state index >= 15 is 0 Å². The molecule has 0 bridgehead atoms. The van der Waals surface area contributed by atoms with E-state index in [4.69, 9.17) is 0 Å². The number of hydrogen-bond donors (Lipinski definition) is 3. The minimum Gasteiger partial charge on any atom is -0.386 e. The average molecular weight is 294 g/mol. The van der Waals surface area contributed by atoms with Gasteiger partial charge in [0, 0.05) is 0 Å². The van der Waals surface area contributed by atoms with Gasteiger partial charge < -0.3 is 15.3 Å². The molecule has 0 radical (unpaired) electrons. The molecule has 0 heterocycles. The van der Waals surface area contributed by atoms with Crippen LogP contribution in [0.15, 0.2) is 0 Å². The molecule has 0 saturated carbocycles. The van der Waals surface area contributed by atoms with E-state index in [0.29, 0.717) is 0 Å². The van der Waals surface area contributed by atoms with Crippen LogP contribution in [0.4, 0.5) is 0 Å². The lowest BCUT2D eigenvalue weighted by atomic mass is 9.74. The van der Waals surface area contributed by atoms with Crippen molar-refractivity contribution in [2.75, 3.05) is 0 Å². The molecule has 1 aromatic carbocycles. The molecule has 0 atom stereocenters. The van der Waals surface area contributed by atoms with Crippen LogP contribution in [-0.2, 0) is 16.8 Å². The fourth-order valence-electron chi connectivity index (χ4n) is 3.97. The first-order valence-corrected chi connectivity index (χ1v) is 7.42. The Bertz CT molecular complexity index is 448. The molecule has 1 aromatic rings. The topological polar surface area (TPSA) is 60.7 Å². The maximum absolute atomic E-state index is 10.6. The Hall–Kier alpha value is -0.900. The van der Waals surface area contributed by atoms with Crippen LogP contribution in [0.5, 0.6) is 0 Å². The summed E-state index contributed by atoms with van der Waals surface area (Å²) >= 11 is 0. The van der Waals surface area contributed by atoms with Gasteiger partial charge in [-0.25, -0.2) is 0 Å². The van der Waals surface area contributed by atoms with Crippen LogP contribution in [-0.4, -0.2) is 15.3 Å². The number of benzene rings is 1. The average Bonchev–Trinajstić information content (AvgIpc) is 2.07. The number of hydrogen-bond acceptors (Lipinski definition) is 3. The molecule has 0 aromatic heterocycles.